The maximum absolute atomic E-state index is 13.1. The van der Waals surface area contributed by atoms with Crippen LogP contribution in [-0.4, -0.2) is 39.3 Å². The third-order valence-electron chi connectivity index (χ3n) is 5.39. The Kier molecular flexibility index (Phi) is 5.08. The Morgan fingerprint density at radius 2 is 2.00 bits per heavy atom. The van der Waals surface area contributed by atoms with Gasteiger partial charge in [-0.3, -0.25) is 9.89 Å². The number of aryl methyl sites for hydroxylation is 2. The first-order valence-corrected chi connectivity index (χ1v) is 9.99. The van der Waals surface area contributed by atoms with Gasteiger partial charge < -0.3 is 14.7 Å². The van der Waals surface area contributed by atoms with Crippen LogP contribution in [0.2, 0.25) is 0 Å². The average molecular weight is 403 g/mol. The van der Waals surface area contributed by atoms with E-state index in [0.29, 0.717) is 30.1 Å². The molecule has 3 aromatic rings. The molecule has 1 aliphatic rings. The standard InChI is InChI=1S/C24H25N3O3/c1-5-11-27-23(16-7-9-17(10-8-16)30-6-2)20-21(25-26-22(20)24(27)29)19-15(4)12-14(3)13-18(19)28/h5,7-10,12-13,23,28H,1,6,11H2,2-4H3,(H,25,26)/t23-/m0/s1. The van der Waals surface area contributed by atoms with Crippen LogP contribution < -0.4 is 4.74 Å². The summed E-state index contributed by atoms with van der Waals surface area (Å²) < 4.78 is 5.56. The van der Waals surface area contributed by atoms with Crippen molar-refractivity contribution in [3.8, 4) is 22.8 Å². The largest absolute Gasteiger partial charge is 0.507 e. The van der Waals surface area contributed by atoms with Crippen molar-refractivity contribution in [2.45, 2.75) is 26.8 Å². The van der Waals surface area contributed by atoms with Crippen LogP contribution in [0.15, 0.2) is 49.1 Å². The van der Waals surface area contributed by atoms with Crippen molar-refractivity contribution in [1.29, 1.82) is 0 Å². The van der Waals surface area contributed by atoms with E-state index in [2.05, 4.69) is 16.8 Å². The number of H-pyrrole nitrogens is 1. The van der Waals surface area contributed by atoms with Gasteiger partial charge in [0, 0.05) is 17.7 Å². The molecule has 2 N–H and O–H groups in total. The Labute approximate surface area is 175 Å². The van der Waals surface area contributed by atoms with Gasteiger partial charge >= 0.3 is 0 Å². The first-order chi connectivity index (χ1) is 14.5. The second kappa shape index (κ2) is 7.71. The third-order valence-corrected chi connectivity index (χ3v) is 5.39. The monoisotopic (exact) mass is 403 g/mol. The third kappa shape index (κ3) is 3.14. The van der Waals surface area contributed by atoms with E-state index in [9.17, 15) is 9.90 Å². The van der Waals surface area contributed by atoms with Crippen molar-refractivity contribution >= 4 is 5.91 Å². The molecule has 1 amide bonds. The number of hydrogen-bond acceptors (Lipinski definition) is 4. The number of hydrogen-bond donors (Lipinski definition) is 2. The first kappa shape index (κ1) is 19.8. The molecule has 4 rings (SSSR count). The van der Waals surface area contributed by atoms with Crippen molar-refractivity contribution in [1.82, 2.24) is 15.1 Å². The first-order valence-electron chi connectivity index (χ1n) is 9.99. The van der Waals surface area contributed by atoms with Crippen LogP contribution in [0.5, 0.6) is 11.5 Å². The molecule has 0 aliphatic carbocycles. The molecular weight excluding hydrogens is 378 g/mol. The van der Waals surface area contributed by atoms with Crippen molar-refractivity contribution < 1.29 is 14.6 Å². The zero-order chi connectivity index (χ0) is 21.4. The van der Waals surface area contributed by atoms with Gasteiger partial charge in [0.2, 0.25) is 0 Å². The smallest absolute Gasteiger partial charge is 0.273 e. The van der Waals surface area contributed by atoms with Crippen LogP contribution >= 0.6 is 0 Å². The van der Waals surface area contributed by atoms with E-state index in [1.807, 2.05) is 51.1 Å². The number of ether oxygens (including phenoxy) is 1. The lowest BCUT2D eigenvalue weighted by atomic mass is 9.93. The van der Waals surface area contributed by atoms with E-state index in [4.69, 9.17) is 4.74 Å². The molecule has 1 atom stereocenters. The second-order valence-electron chi connectivity index (χ2n) is 7.49. The number of nitrogens with zero attached hydrogens (tertiary/aromatic N) is 2. The number of rotatable bonds is 6. The maximum atomic E-state index is 13.1. The molecule has 0 unspecified atom stereocenters. The van der Waals surface area contributed by atoms with E-state index in [0.717, 1.165) is 28.0 Å². The lowest BCUT2D eigenvalue weighted by Gasteiger charge is -2.25. The summed E-state index contributed by atoms with van der Waals surface area (Å²) in [6.07, 6.45) is 1.72. The molecular formula is C24H25N3O3. The number of aromatic hydroxyl groups is 1. The molecule has 0 bridgehead atoms. The minimum Gasteiger partial charge on any atom is -0.507 e. The fourth-order valence-electron chi connectivity index (χ4n) is 4.23. The van der Waals surface area contributed by atoms with Gasteiger partial charge in [-0.2, -0.15) is 5.10 Å². The van der Waals surface area contributed by atoms with E-state index >= 15 is 0 Å². The summed E-state index contributed by atoms with van der Waals surface area (Å²) in [6.45, 7) is 10.6. The molecule has 30 heavy (non-hydrogen) atoms. The number of amides is 1. The lowest BCUT2D eigenvalue weighted by Crippen LogP contribution is -2.29. The number of benzene rings is 2. The van der Waals surface area contributed by atoms with Crippen LogP contribution in [0.3, 0.4) is 0 Å². The van der Waals surface area contributed by atoms with Gasteiger partial charge in [0.15, 0.2) is 0 Å². The highest BCUT2D eigenvalue weighted by molar-refractivity contribution is 6.00. The normalized spacial score (nSPS) is 15.4. The summed E-state index contributed by atoms with van der Waals surface area (Å²) in [5, 5.41) is 18.0. The summed E-state index contributed by atoms with van der Waals surface area (Å²) in [7, 11) is 0. The van der Waals surface area contributed by atoms with Crippen LogP contribution in [0.1, 0.15) is 45.7 Å². The highest BCUT2D eigenvalue weighted by Gasteiger charge is 2.42. The van der Waals surface area contributed by atoms with Gasteiger partial charge in [-0.1, -0.05) is 24.3 Å². The van der Waals surface area contributed by atoms with Crippen LogP contribution in [0, 0.1) is 13.8 Å². The summed E-state index contributed by atoms with van der Waals surface area (Å²) in [5.74, 6) is 0.800. The summed E-state index contributed by atoms with van der Waals surface area (Å²) in [5.41, 5.74) is 5.27. The molecule has 0 saturated heterocycles. The van der Waals surface area contributed by atoms with E-state index in [-0.39, 0.29) is 17.7 Å². The van der Waals surface area contributed by atoms with Crippen LogP contribution in [-0.2, 0) is 0 Å². The lowest BCUT2D eigenvalue weighted by molar-refractivity contribution is 0.0764. The van der Waals surface area contributed by atoms with Gasteiger partial charge in [-0.25, -0.2) is 0 Å². The predicted molar refractivity (Wildman–Crippen MR) is 116 cm³/mol. The number of carbonyl (C=O) groups excluding carboxylic acids is 1. The fraction of sp³-hybridized carbons (Fsp3) is 0.250. The quantitative estimate of drug-likeness (QED) is 0.593. The second-order valence-corrected chi connectivity index (χ2v) is 7.49. The molecule has 2 aromatic carbocycles. The van der Waals surface area contributed by atoms with Gasteiger partial charge in [-0.15, -0.1) is 6.58 Å². The highest BCUT2D eigenvalue weighted by atomic mass is 16.5. The summed E-state index contributed by atoms with van der Waals surface area (Å²) >= 11 is 0. The topological polar surface area (TPSA) is 78.5 Å². The number of phenolic OH excluding ortho intramolecular Hbond substituents is 1. The van der Waals surface area contributed by atoms with E-state index in [1.165, 1.54) is 0 Å². The van der Waals surface area contributed by atoms with E-state index in [1.54, 1.807) is 17.0 Å². The van der Waals surface area contributed by atoms with Crippen molar-refractivity contribution in [2.75, 3.05) is 13.2 Å². The average Bonchev–Trinajstić information content (AvgIpc) is 3.23. The Morgan fingerprint density at radius 1 is 1.27 bits per heavy atom. The summed E-state index contributed by atoms with van der Waals surface area (Å²) in [6, 6.07) is 11.1. The molecule has 0 radical (unpaired) electrons. The van der Waals surface area contributed by atoms with Gasteiger partial charge in [0.1, 0.15) is 22.9 Å². The van der Waals surface area contributed by atoms with Crippen LogP contribution in [0.25, 0.3) is 11.3 Å². The molecule has 1 aromatic heterocycles. The fourth-order valence-corrected chi connectivity index (χ4v) is 4.23. The summed E-state index contributed by atoms with van der Waals surface area (Å²) in [4.78, 5) is 14.9. The molecule has 6 heteroatoms. The Hall–Kier alpha value is -3.54. The SMILES string of the molecule is C=CCN1C(=O)c2[nH]nc(-c3c(C)cc(C)cc3O)c2[C@@H]1c1ccc(OCC)cc1. The molecule has 6 nitrogen and oxygen atoms in total. The molecule has 1 aliphatic heterocycles. The minimum absolute atomic E-state index is 0.133. The van der Waals surface area contributed by atoms with Crippen molar-refractivity contribution in [2.24, 2.45) is 0 Å². The van der Waals surface area contributed by atoms with Crippen molar-refractivity contribution in [3.05, 3.63) is 77.0 Å². The number of carbonyl (C=O) groups is 1. The Bertz CT molecular complexity index is 1090. The molecule has 0 fully saturated rings. The van der Waals surface area contributed by atoms with Crippen molar-refractivity contribution in [3.63, 3.8) is 0 Å². The molecule has 0 spiro atoms. The molecule has 154 valence electrons. The Balaban J connectivity index is 1.89. The molecule has 2 heterocycles. The number of aromatic amines is 1. The van der Waals surface area contributed by atoms with Gasteiger partial charge in [0.25, 0.3) is 5.91 Å². The number of nitrogens with one attached hydrogen (secondary N) is 1. The Morgan fingerprint density at radius 3 is 2.63 bits per heavy atom. The number of phenols is 1. The minimum atomic E-state index is -0.338. The highest BCUT2D eigenvalue weighted by Crippen LogP contribution is 2.45. The van der Waals surface area contributed by atoms with Gasteiger partial charge in [0.05, 0.1) is 12.6 Å². The number of fused-ring (bicyclic) bond motifs is 1. The maximum Gasteiger partial charge on any atom is 0.273 e. The number of aromatic nitrogens is 2. The van der Waals surface area contributed by atoms with Gasteiger partial charge in [-0.05, 0) is 55.7 Å². The molecule has 0 saturated carbocycles. The zero-order valence-electron chi connectivity index (χ0n) is 17.4. The van der Waals surface area contributed by atoms with E-state index < -0.39 is 0 Å². The zero-order valence-corrected chi connectivity index (χ0v) is 17.4. The predicted octanol–water partition coefficient (Wildman–Crippen LogP) is 4.53. The van der Waals surface area contributed by atoms with Crippen LogP contribution in [0.4, 0.5) is 0 Å².